The molecular weight excluding hydrogens is 242 g/mol. The SMILES string of the molecule is Cc1c(CCC(=O)NCC2CCCC2O)cnn1C. The van der Waals surface area contributed by atoms with Crippen LogP contribution in [0.15, 0.2) is 6.20 Å². The molecule has 1 aliphatic rings. The monoisotopic (exact) mass is 265 g/mol. The van der Waals surface area contributed by atoms with E-state index in [1.807, 2.05) is 24.9 Å². The zero-order valence-corrected chi connectivity index (χ0v) is 11.7. The summed E-state index contributed by atoms with van der Waals surface area (Å²) in [7, 11) is 1.90. The average Bonchev–Trinajstić information content (AvgIpc) is 2.93. The Labute approximate surface area is 114 Å². The number of aromatic nitrogens is 2. The van der Waals surface area contributed by atoms with Crippen LogP contribution in [0.3, 0.4) is 0 Å². The van der Waals surface area contributed by atoms with Crippen LogP contribution in [0.2, 0.25) is 0 Å². The molecule has 1 aliphatic carbocycles. The van der Waals surface area contributed by atoms with Gasteiger partial charge in [0, 0.05) is 31.6 Å². The van der Waals surface area contributed by atoms with Crippen molar-refractivity contribution in [1.82, 2.24) is 15.1 Å². The van der Waals surface area contributed by atoms with Gasteiger partial charge < -0.3 is 10.4 Å². The van der Waals surface area contributed by atoms with E-state index in [0.717, 1.165) is 36.9 Å². The minimum atomic E-state index is -0.235. The highest BCUT2D eigenvalue weighted by Crippen LogP contribution is 2.24. The third kappa shape index (κ3) is 3.56. The molecule has 1 aromatic heterocycles. The molecule has 19 heavy (non-hydrogen) atoms. The van der Waals surface area contributed by atoms with Crippen molar-refractivity contribution in [2.45, 2.75) is 45.1 Å². The van der Waals surface area contributed by atoms with Crippen LogP contribution in [0.1, 0.15) is 36.9 Å². The van der Waals surface area contributed by atoms with Gasteiger partial charge >= 0.3 is 0 Å². The predicted molar refractivity (Wildman–Crippen MR) is 72.6 cm³/mol. The van der Waals surface area contributed by atoms with Gasteiger partial charge in [-0.25, -0.2) is 0 Å². The molecule has 1 saturated carbocycles. The van der Waals surface area contributed by atoms with E-state index < -0.39 is 0 Å². The standard InChI is InChI=1S/C14H23N3O2/c1-10-11(9-16-17(10)2)6-7-14(19)15-8-12-4-3-5-13(12)18/h9,12-13,18H,3-8H2,1-2H3,(H,15,19). The highest BCUT2D eigenvalue weighted by molar-refractivity contribution is 5.76. The van der Waals surface area contributed by atoms with Crippen molar-refractivity contribution in [2.75, 3.05) is 6.54 Å². The third-order valence-electron chi connectivity index (χ3n) is 4.14. The lowest BCUT2D eigenvalue weighted by Gasteiger charge is -2.14. The number of aliphatic hydroxyl groups is 1. The van der Waals surface area contributed by atoms with Crippen LogP contribution in [-0.2, 0) is 18.3 Å². The fraction of sp³-hybridized carbons (Fsp3) is 0.714. The highest BCUT2D eigenvalue weighted by atomic mass is 16.3. The van der Waals surface area contributed by atoms with E-state index >= 15 is 0 Å². The van der Waals surface area contributed by atoms with Gasteiger partial charge in [0.2, 0.25) is 5.91 Å². The fourth-order valence-electron chi connectivity index (χ4n) is 2.63. The number of nitrogens with one attached hydrogen (secondary N) is 1. The van der Waals surface area contributed by atoms with Crippen molar-refractivity contribution >= 4 is 5.91 Å². The summed E-state index contributed by atoms with van der Waals surface area (Å²) >= 11 is 0. The molecule has 5 heteroatoms. The molecule has 0 saturated heterocycles. The van der Waals surface area contributed by atoms with Gasteiger partial charge in [-0.3, -0.25) is 9.48 Å². The largest absolute Gasteiger partial charge is 0.393 e. The Hall–Kier alpha value is -1.36. The zero-order chi connectivity index (χ0) is 13.8. The molecule has 2 atom stereocenters. The molecule has 0 radical (unpaired) electrons. The fourth-order valence-corrected chi connectivity index (χ4v) is 2.63. The first-order chi connectivity index (χ1) is 9.08. The molecule has 5 nitrogen and oxygen atoms in total. The minimum Gasteiger partial charge on any atom is -0.393 e. The summed E-state index contributed by atoms with van der Waals surface area (Å²) in [6.45, 7) is 2.61. The first kappa shape index (κ1) is 14.1. The molecule has 1 fully saturated rings. The van der Waals surface area contributed by atoms with Crippen LogP contribution in [0.4, 0.5) is 0 Å². The van der Waals surface area contributed by atoms with Gasteiger partial charge in [-0.15, -0.1) is 0 Å². The molecule has 1 heterocycles. The summed E-state index contributed by atoms with van der Waals surface area (Å²) < 4.78 is 1.82. The number of hydrogen-bond acceptors (Lipinski definition) is 3. The molecule has 1 aromatic rings. The Morgan fingerprint density at radius 1 is 1.58 bits per heavy atom. The van der Waals surface area contributed by atoms with Gasteiger partial charge in [-0.1, -0.05) is 6.42 Å². The van der Waals surface area contributed by atoms with Crippen molar-refractivity contribution in [1.29, 1.82) is 0 Å². The smallest absolute Gasteiger partial charge is 0.220 e. The predicted octanol–water partition coefficient (Wildman–Crippen LogP) is 0.938. The molecule has 2 N–H and O–H groups in total. The van der Waals surface area contributed by atoms with Gasteiger partial charge in [0.1, 0.15) is 0 Å². The molecule has 0 aromatic carbocycles. The van der Waals surface area contributed by atoms with Gasteiger partial charge in [0.15, 0.2) is 0 Å². The molecule has 2 unspecified atom stereocenters. The van der Waals surface area contributed by atoms with Crippen LogP contribution in [0, 0.1) is 12.8 Å². The van der Waals surface area contributed by atoms with Gasteiger partial charge in [0.05, 0.1) is 12.3 Å². The lowest BCUT2D eigenvalue weighted by molar-refractivity contribution is -0.121. The minimum absolute atomic E-state index is 0.0577. The van der Waals surface area contributed by atoms with Crippen LogP contribution in [0.5, 0.6) is 0 Å². The Bertz CT molecular complexity index is 442. The van der Waals surface area contributed by atoms with Gasteiger partial charge in [-0.2, -0.15) is 5.10 Å². The summed E-state index contributed by atoms with van der Waals surface area (Å²) in [5.74, 6) is 0.298. The Balaban J connectivity index is 1.71. The zero-order valence-electron chi connectivity index (χ0n) is 11.7. The molecule has 1 amide bonds. The number of hydrogen-bond donors (Lipinski definition) is 2. The number of nitrogens with zero attached hydrogens (tertiary/aromatic N) is 2. The van der Waals surface area contributed by atoms with Crippen molar-refractivity contribution in [3.8, 4) is 0 Å². The lowest BCUT2D eigenvalue weighted by Crippen LogP contribution is -2.32. The molecule has 106 valence electrons. The second kappa shape index (κ2) is 6.19. The Morgan fingerprint density at radius 2 is 2.37 bits per heavy atom. The maximum Gasteiger partial charge on any atom is 0.220 e. The molecule has 0 aliphatic heterocycles. The van der Waals surface area contributed by atoms with Crippen molar-refractivity contribution in [2.24, 2.45) is 13.0 Å². The third-order valence-corrected chi connectivity index (χ3v) is 4.14. The molecular formula is C14H23N3O2. The summed E-state index contributed by atoms with van der Waals surface area (Å²) in [5, 5.41) is 16.8. The molecule has 0 bridgehead atoms. The second-order valence-electron chi connectivity index (χ2n) is 5.44. The first-order valence-corrected chi connectivity index (χ1v) is 7.00. The molecule has 2 rings (SSSR count). The van der Waals surface area contributed by atoms with E-state index in [0.29, 0.717) is 13.0 Å². The van der Waals surface area contributed by atoms with Crippen molar-refractivity contribution in [3.05, 3.63) is 17.5 Å². The van der Waals surface area contributed by atoms with Crippen LogP contribution in [0.25, 0.3) is 0 Å². The number of carbonyl (C=O) groups is 1. The van der Waals surface area contributed by atoms with Gasteiger partial charge in [-0.05, 0) is 31.7 Å². The number of carbonyl (C=O) groups excluding carboxylic acids is 1. The van der Waals surface area contributed by atoms with Crippen molar-refractivity contribution in [3.63, 3.8) is 0 Å². The lowest BCUT2D eigenvalue weighted by atomic mass is 10.1. The van der Waals surface area contributed by atoms with E-state index in [-0.39, 0.29) is 17.9 Å². The maximum atomic E-state index is 11.8. The van der Waals surface area contributed by atoms with Crippen LogP contribution < -0.4 is 5.32 Å². The van der Waals surface area contributed by atoms with Gasteiger partial charge in [0.25, 0.3) is 0 Å². The number of amides is 1. The second-order valence-corrected chi connectivity index (χ2v) is 5.44. The van der Waals surface area contributed by atoms with E-state index in [9.17, 15) is 9.90 Å². The number of aliphatic hydroxyl groups excluding tert-OH is 1. The quantitative estimate of drug-likeness (QED) is 0.832. The van der Waals surface area contributed by atoms with E-state index in [1.54, 1.807) is 0 Å². The highest BCUT2D eigenvalue weighted by Gasteiger charge is 2.25. The normalized spacial score (nSPS) is 22.7. The van der Waals surface area contributed by atoms with E-state index in [1.165, 1.54) is 0 Å². The number of aryl methyl sites for hydroxylation is 2. The maximum absolute atomic E-state index is 11.8. The van der Waals surface area contributed by atoms with Crippen LogP contribution >= 0.6 is 0 Å². The van der Waals surface area contributed by atoms with E-state index in [2.05, 4.69) is 10.4 Å². The number of rotatable bonds is 5. The molecule has 0 spiro atoms. The topological polar surface area (TPSA) is 67.2 Å². The average molecular weight is 265 g/mol. The first-order valence-electron chi connectivity index (χ1n) is 7.00. The summed E-state index contributed by atoms with van der Waals surface area (Å²) in [5.41, 5.74) is 2.23. The summed E-state index contributed by atoms with van der Waals surface area (Å²) in [6, 6.07) is 0. The Morgan fingerprint density at radius 3 is 2.95 bits per heavy atom. The summed E-state index contributed by atoms with van der Waals surface area (Å²) in [4.78, 5) is 11.8. The Kier molecular flexibility index (Phi) is 4.58. The summed E-state index contributed by atoms with van der Waals surface area (Å²) in [6.07, 6.45) is 5.74. The van der Waals surface area contributed by atoms with Crippen LogP contribution in [-0.4, -0.2) is 33.4 Å². The van der Waals surface area contributed by atoms with E-state index in [4.69, 9.17) is 0 Å². The van der Waals surface area contributed by atoms with Crippen molar-refractivity contribution < 1.29 is 9.90 Å².